The van der Waals surface area contributed by atoms with Gasteiger partial charge < -0.3 is 0 Å². The summed E-state index contributed by atoms with van der Waals surface area (Å²) in [5.41, 5.74) is 0.433. The zero-order chi connectivity index (χ0) is 14.9. The SMILES string of the molecule is FC(F)(F)c1cccc(-n2cc(-c3ccccc3)nn2)n1. The van der Waals surface area contributed by atoms with Crippen LogP contribution in [0.2, 0.25) is 0 Å². The van der Waals surface area contributed by atoms with Gasteiger partial charge in [-0.25, -0.2) is 9.67 Å². The van der Waals surface area contributed by atoms with Crippen LogP contribution in [0.25, 0.3) is 17.1 Å². The number of aromatic nitrogens is 4. The molecule has 0 bridgehead atoms. The van der Waals surface area contributed by atoms with Crippen LogP contribution in [0.15, 0.2) is 54.7 Å². The first kappa shape index (κ1) is 13.3. The Morgan fingerprint density at radius 2 is 1.67 bits per heavy atom. The molecular formula is C14H9F3N4. The maximum Gasteiger partial charge on any atom is 0.433 e. The van der Waals surface area contributed by atoms with Gasteiger partial charge >= 0.3 is 6.18 Å². The average Bonchev–Trinajstić information content (AvgIpc) is 2.97. The summed E-state index contributed by atoms with van der Waals surface area (Å²) in [6.07, 6.45) is -2.95. The molecule has 3 aromatic rings. The zero-order valence-electron chi connectivity index (χ0n) is 10.6. The second-order valence-corrected chi connectivity index (χ2v) is 4.29. The molecule has 0 aliphatic carbocycles. The third-order valence-corrected chi connectivity index (χ3v) is 2.82. The molecule has 0 saturated heterocycles. The Kier molecular flexibility index (Phi) is 3.17. The molecule has 0 atom stereocenters. The van der Waals surface area contributed by atoms with E-state index in [0.29, 0.717) is 5.69 Å². The molecule has 0 amide bonds. The monoisotopic (exact) mass is 290 g/mol. The smallest absolute Gasteiger partial charge is 0.224 e. The van der Waals surface area contributed by atoms with E-state index in [1.54, 1.807) is 0 Å². The largest absolute Gasteiger partial charge is 0.433 e. The molecule has 0 aliphatic heterocycles. The van der Waals surface area contributed by atoms with Crippen LogP contribution in [0.5, 0.6) is 0 Å². The summed E-state index contributed by atoms with van der Waals surface area (Å²) in [6, 6.07) is 12.9. The molecule has 0 saturated carbocycles. The molecule has 3 rings (SSSR count). The third-order valence-electron chi connectivity index (χ3n) is 2.82. The van der Waals surface area contributed by atoms with Crippen LogP contribution in [0.3, 0.4) is 0 Å². The minimum absolute atomic E-state index is 0.0690. The van der Waals surface area contributed by atoms with E-state index in [2.05, 4.69) is 15.3 Å². The molecule has 7 heteroatoms. The van der Waals surface area contributed by atoms with Gasteiger partial charge in [0.1, 0.15) is 11.4 Å². The van der Waals surface area contributed by atoms with Crippen molar-refractivity contribution in [1.82, 2.24) is 20.0 Å². The van der Waals surface area contributed by atoms with Gasteiger partial charge in [0.15, 0.2) is 5.82 Å². The van der Waals surface area contributed by atoms with Crippen molar-refractivity contribution in [3.8, 4) is 17.1 Å². The second-order valence-electron chi connectivity index (χ2n) is 4.29. The van der Waals surface area contributed by atoms with E-state index in [1.165, 1.54) is 23.0 Å². The van der Waals surface area contributed by atoms with Crippen LogP contribution in [0.1, 0.15) is 5.69 Å². The molecule has 2 heterocycles. The molecule has 0 N–H and O–H groups in total. The number of hydrogen-bond donors (Lipinski definition) is 0. The molecular weight excluding hydrogens is 281 g/mol. The highest BCUT2D eigenvalue weighted by atomic mass is 19.4. The first-order valence-electron chi connectivity index (χ1n) is 6.06. The molecule has 0 unspecified atom stereocenters. The van der Waals surface area contributed by atoms with E-state index in [-0.39, 0.29) is 5.82 Å². The molecule has 0 radical (unpaired) electrons. The Balaban J connectivity index is 1.97. The van der Waals surface area contributed by atoms with Crippen LogP contribution in [0.4, 0.5) is 13.2 Å². The summed E-state index contributed by atoms with van der Waals surface area (Å²) >= 11 is 0. The quantitative estimate of drug-likeness (QED) is 0.727. The molecule has 0 aliphatic rings. The fourth-order valence-electron chi connectivity index (χ4n) is 1.83. The molecule has 106 valence electrons. The molecule has 0 fully saturated rings. The van der Waals surface area contributed by atoms with Gasteiger partial charge in [0.2, 0.25) is 0 Å². The van der Waals surface area contributed by atoms with E-state index in [4.69, 9.17) is 0 Å². The van der Waals surface area contributed by atoms with Gasteiger partial charge in [0.25, 0.3) is 0 Å². The number of alkyl halides is 3. The van der Waals surface area contributed by atoms with Gasteiger partial charge in [-0.3, -0.25) is 0 Å². The van der Waals surface area contributed by atoms with Crippen molar-refractivity contribution in [1.29, 1.82) is 0 Å². The van der Waals surface area contributed by atoms with Crippen LogP contribution in [-0.4, -0.2) is 20.0 Å². The Hall–Kier alpha value is -2.70. The van der Waals surface area contributed by atoms with Crippen molar-refractivity contribution in [2.45, 2.75) is 6.18 Å². The van der Waals surface area contributed by atoms with Crippen molar-refractivity contribution < 1.29 is 13.2 Å². The van der Waals surface area contributed by atoms with Crippen LogP contribution < -0.4 is 0 Å². The van der Waals surface area contributed by atoms with Gasteiger partial charge in [-0.2, -0.15) is 13.2 Å². The number of rotatable bonds is 2. The van der Waals surface area contributed by atoms with Crippen molar-refractivity contribution in [2.75, 3.05) is 0 Å². The van der Waals surface area contributed by atoms with Gasteiger partial charge in [0, 0.05) is 5.56 Å². The Bertz CT molecular complexity index is 750. The fraction of sp³-hybridized carbons (Fsp3) is 0.0714. The maximum absolute atomic E-state index is 12.6. The molecule has 4 nitrogen and oxygen atoms in total. The molecule has 2 aromatic heterocycles. The normalized spacial score (nSPS) is 11.6. The van der Waals surface area contributed by atoms with Crippen LogP contribution in [-0.2, 0) is 6.18 Å². The number of benzene rings is 1. The van der Waals surface area contributed by atoms with E-state index in [9.17, 15) is 13.2 Å². The Morgan fingerprint density at radius 1 is 0.905 bits per heavy atom. The standard InChI is InChI=1S/C14H9F3N4/c15-14(16,17)12-7-4-8-13(18-12)21-9-11(19-20-21)10-5-2-1-3-6-10/h1-9H. The lowest BCUT2D eigenvalue weighted by Gasteiger charge is -2.06. The lowest BCUT2D eigenvalue weighted by atomic mass is 10.2. The van der Waals surface area contributed by atoms with E-state index >= 15 is 0 Å². The first-order chi connectivity index (χ1) is 10.0. The summed E-state index contributed by atoms with van der Waals surface area (Å²) < 4.78 is 39.2. The minimum Gasteiger partial charge on any atom is -0.224 e. The van der Waals surface area contributed by atoms with Crippen molar-refractivity contribution in [3.63, 3.8) is 0 Å². The maximum atomic E-state index is 12.6. The van der Waals surface area contributed by atoms with Crippen molar-refractivity contribution >= 4 is 0 Å². The molecule has 1 aromatic carbocycles. The fourth-order valence-corrected chi connectivity index (χ4v) is 1.83. The Labute approximate surface area is 117 Å². The predicted octanol–water partition coefficient (Wildman–Crippen LogP) is 3.35. The first-order valence-corrected chi connectivity index (χ1v) is 6.06. The number of hydrogen-bond acceptors (Lipinski definition) is 3. The summed E-state index contributed by atoms with van der Waals surface area (Å²) in [5, 5.41) is 7.77. The summed E-state index contributed by atoms with van der Waals surface area (Å²) in [5.74, 6) is 0.0690. The van der Waals surface area contributed by atoms with Gasteiger partial charge in [-0.15, -0.1) is 5.10 Å². The minimum atomic E-state index is -4.49. The topological polar surface area (TPSA) is 43.6 Å². The highest BCUT2D eigenvalue weighted by Crippen LogP contribution is 2.28. The van der Waals surface area contributed by atoms with E-state index in [1.807, 2.05) is 30.3 Å². The molecule has 21 heavy (non-hydrogen) atoms. The van der Waals surface area contributed by atoms with Crippen molar-refractivity contribution in [3.05, 3.63) is 60.4 Å². The number of nitrogens with zero attached hydrogens (tertiary/aromatic N) is 4. The zero-order valence-corrected chi connectivity index (χ0v) is 10.6. The van der Waals surface area contributed by atoms with E-state index < -0.39 is 11.9 Å². The highest BCUT2D eigenvalue weighted by Gasteiger charge is 2.32. The summed E-state index contributed by atoms with van der Waals surface area (Å²) in [7, 11) is 0. The lowest BCUT2D eigenvalue weighted by molar-refractivity contribution is -0.141. The van der Waals surface area contributed by atoms with Gasteiger partial charge in [0.05, 0.1) is 6.20 Å². The van der Waals surface area contributed by atoms with E-state index in [0.717, 1.165) is 11.6 Å². The summed E-state index contributed by atoms with van der Waals surface area (Å²) in [4.78, 5) is 3.56. The van der Waals surface area contributed by atoms with Crippen LogP contribution in [0, 0.1) is 0 Å². The highest BCUT2D eigenvalue weighted by molar-refractivity contribution is 5.57. The van der Waals surface area contributed by atoms with Crippen LogP contribution >= 0.6 is 0 Å². The van der Waals surface area contributed by atoms with Gasteiger partial charge in [-0.1, -0.05) is 41.6 Å². The lowest BCUT2D eigenvalue weighted by Crippen LogP contribution is -2.10. The summed E-state index contributed by atoms with van der Waals surface area (Å²) in [6.45, 7) is 0. The number of pyridine rings is 1. The Morgan fingerprint density at radius 3 is 2.38 bits per heavy atom. The van der Waals surface area contributed by atoms with Crippen molar-refractivity contribution in [2.24, 2.45) is 0 Å². The number of halogens is 3. The predicted molar refractivity (Wildman–Crippen MR) is 69.6 cm³/mol. The van der Waals surface area contributed by atoms with Gasteiger partial charge in [-0.05, 0) is 12.1 Å². The average molecular weight is 290 g/mol. The third kappa shape index (κ3) is 2.76. The second kappa shape index (κ2) is 5.01. The molecule has 0 spiro atoms.